The van der Waals surface area contributed by atoms with Crippen LogP contribution in [0.4, 0.5) is 0 Å². The maximum atomic E-state index is 6.21. The van der Waals surface area contributed by atoms with Crippen molar-refractivity contribution in [1.82, 2.24) is 5.32 Å². The molecule has 0 aromatic heterocycles. The highest BCUT2D eigenvalue weighted by atomic mass is 35.5. The molecule has 2 rings (SSSR count). The summed E-state index contributed by atoms with van der Waals surface area (Å²) >= 11 is 12.2. The molecule has 1 aromatic rings. The van der Waals surface area contributed by atoms with Crippen molar-refractivity contribution >= 4 is 23.2 Å². The van der Waals surface area contributed by atoms with Crippen molar-refractivity contribution < 1.29 is 0 Å². The van der Waals surface area contributed by atoms with Gasteiger partial charge in [-0.15, -0.1) is 0 Å². The summed E-state index contributed by atoms with van der Waals surface area (Å²) in [5.74, 6) is 0.515. The quantitative estimate of drug-likeness (QED) is 0.833. The van der Waals surface area contributed by atoms with Crippen molar-refractivity contribution in [1.29, 1.82) is 0 Å². The van der Waals surface area contributed by atoms with Gasteiger partial charge in [0.05, 0.1) is 0 Å². The van der Waals surface area contributed by atoms with Gasteiger partial charge in [0, 0.05) is 22.0 Å². The van der Waals surface area contributed by atoms with Crippen LogP contribution in [0.15, 0.2) is 18.2 Å². The molecule has 0 saturated heterocycles. The number of hydrogen-bond donors (Lipinski definition) is 1. The first-order chi connectivity index (χ1) is 7.22. The molecule has 0 bridgehead atoms. The average molecular weight is 244 g/mol. The molecule has 1 aliphatic rings. The summed E-state index contributed by atoms with van der Waals surface area (Å²) in [7, 11) is 2.02. The molecule has 1 fully saturated rings. The summed E-state index contributed by atoms with van der Waals surface area (Å²) in [4.78, 5) is 0. The summed E-state index contributed by atoms with van der Waals surface area (Å²) in [6.07, 6.45) is 3.69. The number of benzene rings is 1. The molecule has 1 saturated carbocycles. The Hall–Kier alpha value is -0.240. The second kappa shape index (κ2) is 4.73. The van der Waals surface area contributed by atoms with Gasteiger partial charge >= 0.3 is 0 Å². The summed E-state index contributed by atoms with van der Waals surface area (Å²) in [6, 6.07) is 6.28. The summed E-state index contributed by atoms with van der Waals surface area (Å²) in [5, 5.41) is 4.97. The van der Waals surface area contributed by atoms with E-state index in [0.29, 0.717) is 12.0 Å². The number of rotatable bonds is 2. The highest BCUT2D eigenvalue weighted by Gasteiger charge is 2.28. The topological polar surface area (TPSA) is 12.0 Å². The van der Waals surface area contributed by atoms with Crippen molar-refractivity contribution in [2.45, 2.75) is 31.2 Å². The van der Waals surface area contributed by atoms with Gasteiger partial charge in [-0.25, -0.2) is 0 Å². The molecular weight excluding hydrogens is 229 g/mol. The SMILES string of the molecule is CNC1CCCC1c1cc(Cl)ccc1Cl. The molecule has 15 heavy (non-hydrogen) atoms. The maximum absolute atomic E-state index is 6.21. The first-order valence-electron chi connectivity index (χ1n) is 5.34. The minimum absolute atomic E-state index is 0.515. The van der Waals surface area contributed by atoms with Crippen LogP contribution in [0.5, 0.6) is 0 Å². The zero-order valence-electron chi connectivity index (χ0n) is 8.76. The monoisotopic (exact) mass is 243 g/mol. The lowest BCUT2D eigenvalue weighted by Gasteiger charge is -2.20. The van der Waals surface area contributed by atoms with Crippen molar-refractivity contribution in [3.63, 3.8) is 0 Å². The first-order valence-corrected chi connectivity index (χ1v) is 6.10. The predicted octanol–water partition coefficient (Wildman–Crippen LogP) is 3.85. The van der Waals surface area contributed by atoms with Gasteiger partial charge in [-0.1, -0.05) is 29.6 Å². The van der Waals surface area contributed by atoms with Gasteiger partial charge in [0.1, 0.15) is 0 Å². The predicted molar refractivity (Wildman–Crippen MR) is 65.9 cm³/mol. The van der Waals surface area contributed by atoms with Crippen molar-refractivity contribution in [3.8, 4) is 0 Å². The lowest BCUT2D eigenvalue weighted by molar-refractivity contribution is 0.522. The molecule has 0 amide bonds. The molecule has 2 unspecified atom stereocenters. The van der Waals surface area contributed by atoms with Crippen LogP contribution in [0, 0.1) is 0 Å². The smallest absolute Gasteiger partial charge is 0.0442 e. The lowest BCUT2D eigenvalue weighted by atomic mass is 9.94. The fourth-order valence-electron chi connectivity index (χ4n) is 2.48. The fraction of sp³-hybridized carbons (Fsp3) is 0.500. The van der Waals surface area contributed by atoms with Gasteiger partial charge in [-0.05, 0) is 43.7 Å². The number of nitrogens with one attached hydrogen (secondary N) is 1. The van der Waals surface area contributed by atoms with E-state index in [2.05, 4.69) is 5.32 Å². The van der Waals surface area contributed by atoms with E-state index >= 15 is 0 Å². The Kier molecular flexibility index (Phi) is 3.55. The number of likely N-dealkylation sites (N-methyl/N-ethyl adjacent to an activating group) is 1. The van der Waals surface area contributed by atoms with E-state index in [1.165, 1.54) is 24.8 Å². The second-order valence-electron chi connectivity index (χ2n) is 4.10. The Morgan fingerprint density at radius 3 is 2.80 bits per heavy atom. The number of hydrogen-bond acceptors (Lipinski definition) is 1. The Morgan fingerprint density at radius 2 is 2.07 bits per heavy atom. The lowest BCUT2D eigenvalue weighted by Crippen LogP contribution is -2.27. The van der Waals surface area contributed by atoms with Crippen LogP contribution >= 0.6 is 23.2 Å². The highest BCUT2D eigenvalue weighted by Crippen LogP contribution is 2.38. The molecule has 2 atom stereocenters. The Morgan fingerprint density at radius 1 is 1.27 bits per heavy atom. The zero-order chi connectivity index (χ0) is 10.8. The van der Waals surface area contributed by atoms with E-state index in [4.69, 9.17) is 23.2 Å². The molecule has 0 heterocycles. The van der Waals surface area contributed by atoms with Crippen molar-refractivity contribution in [3.05, 3.63) is 33.8 Å². The molecule has 0 spiro atoms. The van der Waals surface area contributed by atoms with Crippen LogP contribution in [-0.2, 0) is 0 Å². The van der Waals surface area contributed by atoms with E-state index in [1.54, 1.807) is 0 Å². The molecular formula is C12H15Cl2N. The summed E-state index contributed by atoms with van der Waals surface area (Å²) < 4.78 is 0. The molecule has 1 aromatic carbocycles. The molecule has 1 nitrogen and oxygen atoms in total. The average Bonchev–Trinajstić information content (AvgIpc) is 2.69. The standard InChI is InChI=1S/C12H15Cl2N/c1-15-12-4-2-3-9(12)10-7-8(13)5-6-11(10)14/h5-7,9,12,15H,2-4H2,1H3. The highest BCUT2D eigenvalue weighted by molar-refractivity contribution is 6.33. The Balaban J connectivity index is 2.31. The van der Waals surface area contributed by atoms with E-state index < -0.39 is 0 Å². The van der Waals surface area contributed by atoms with Gasteiger partial charge in [-0.3, -0.25) is 0 Å². The maximum Gasteiger partial charge on any atom is 0.0442 e. The summed E-state index contributed by atoms with van der Waals surface area (Å²) in [5.41, 5.74) is 1.20. The molecule has 0 radical (unpaired) electrons. The van der Waals surface area contributed by atoms with Crippen LogP contribution < -0.4 is 5.32 Å². The summed E-state index contributed by atoms with van der Waals surface area (Å²) in [6.45, 7) is 0. The molecule has 82 valence electrons. The van der Waals surface area contributed by atoms with Gasteiger partial charge in [-0.2, -0.15) is 0 Å². The minimum Gasteiger partial charge on any atom is -0.316 e. The third-order valence-electron chi connectivity index (χ3n) is 3.24. The van der Waals surface area contributed by atoms with E-state index in [0.717, 1.165) is 10.0 Å². The normalized spacial score (nSPS) is 25.8. The van der Waals surface area contributed by atoms with E-state index in [1.807, 2.05) is 25.2 Å². The van der Waals surface area contributed by atoms with E-state index in [9.17, 15) is 0 Å². The van der Waals surface area contributed by atoms with E-state index in [-0.39, 0.29) is 0 Å². The fourth-order valence-corrected chi connectivity index (χ4v) is 2.91. The number of halogens is 2. The third kappa shape index (κ3) is 2.30. The molecule has 3 heteroatoms. The Labute approximate surface area is 101 Å². The molecule has 1 N–H and O–H groups in total. The third-order valence-corrected chi connectivity index (χ3v) is 3.82. The van der Waals surface area contributed by atoms with Gasteiger partial charge in [0.2, 0.25) is 0 Å². The van der Waals surface area contributed by atoms with Crippen molar-refractivity contribution in [2.75, 3.05) is 7.05 Å². The van der Waals surface area contributed by atoms with Crippen LogP contribution in [0.2, 0.25) is 10.0 Å². The van der Waals surface area contributed by atoms with Crippen LogP contribution in [-0.4, -0.2) is 13.1 Å². The zero-order valence-corrected chi connectivity index (χ0v) is 10.3. The minimum atomic E-state index is 0.515. The van der Waals surface area contributed by atoms with Crippen molar-refractivity contribution in [2.24, 2.45) is 0 Å². The second-order valence-corrected chi connectivity index (χ2v) is 4.94. The van der Waals surface area contributed by atoms with Gasteiger partial charge in [0.25, 0.3) is 0 Å². The molecule has 1 aliphatic carbocycles. The van der Waals surface area contributed by atoms with Gasteiger partial charge in [0.15, 0.2) is 0 Å². The van der Waals surface area contributed by atoms with Crippen LogP contribution in [0.3, 0.4) is 0 Å². The van der Waals surface area contributed by atoms with Crippen LogP contribution in [0.25, 0.3) is 0 Å². The Bertz CT molecular complexity index is 351. The molecule has 0 aliphatic heterocycles. The van der Waals surface area contributed by atoms with Gasteiger partial charge < -0.3 is 5.32 Å². The van der Waals surface area contributed by atoms with Crippen LogP contribution in [0.1, 0.15) is 30.7 Å². The first kappa shape index (κ1) is 11.3. The largest absolute Gasteiger partial charge is 0.316 e.